The van der Waals surface area contributed by atoms with Crippen LogP contribution in [-0.2, 0) is 34.0 Å². The maximum absolute atomic E-state index is 15.2. The van der Waals surface area contributed by atoms with Gasteiger partial charge in [-0.3, -0.25) is 24.0 Å². The SMILES string of the molecule is CC[C@@H]1C[C@]1(NC(=O)[C@@H]1C[C@@]2(CN1C(=O)[C@@H](NC(=O)[C@@H](NC(=O)C1CC1)C1CCCCC1)C(C)(C)C)C(C)(C)C21CCC1)C(=O)NS(=O)(=O)c1cccc2cc[nH]c12. The summed E-state index contributed by atoms with van der Waals surface area (Å²) in [5.74, 6) is -2.54. The zero-order chi connectivity index (χ0) is 41.6. The average molecular weight is 819 g/mol. The molecule has 1 aromatic carbocycles. The third-order valence-corrected chi connectivity index (χ3v) is 17.2. The summed E-state index contributed by atoms with van der Waals surface area (Å²) in [7, 11) is -4.32. The van der Waals surface area contributed by atoms with Crippen molar-refractivity contribution in [3.63, 3.8) is 0 Å². The minimum absolute atomic E-state index is 0.0132. The maximum Gasteiger partial charge on any atom is 0.266 e. The van der Waals surface area contributed by atoms with Crippen LogP contribution in [0, 0.1) is 39.4 Å². The second-order valence-corrected chi connectivity index (χ2v) is 21.8. The van der Waals surface area contributed by atoms with Crippen molar-refractivity contribution in [2.45, 2.75) is 154 Å². The van der Waals surface area contributed by atoms with E-state index in [1.54, 1.807) is 29.3 Å². The molecule has 2 aromatic rings. The molecule has 58 heavy (non-hydrogen) atoms. The number of para-hydroxylation sites is 1. The van der Waals surface area contributed by atoms with Gasteiger partial charge in [-0.2, -0.15) is 0 Å². The number of hydrogen-bond donors (Lipinski definition) is 5. The number of likely N-dealkylation sites (tertiary alicyclic amines) is 1. The molecule has 1 aromatic heterocycles. The summed E-state index contributed by atoms with van der Waals surface area (Å²) in [5, 5.41) is 9.88. The number of fused-ring (bicyclic) bond motifs is 2. The Kier molecular flexibility index (Phi) is 9.91. The number of carbonyl (C=O) groups excluding carboxylic acids is 5. The molecule has 13 nitrogen and oxygen atoms in total. The van der Waals surface area contributed by atoms with Gasteiger partial charge in [-0.25, -0.2) is 13.1 Å². The summed E-state index contributed by atoms with van der Waals surface area (Å²) in [6, 6.07) is 3.87. The van der Waals surface area contributed by atoms with Crippen LogP contribution in [0.25, 0.3) is 10.9 Å². The number of sulfonamides is 1. The van der Waals surface area contributed by atoms with Crippen molar-refractivity contribution in [1.82, 2.24) is 30.6 Å². The van der Waals surface area contributed by atoms with Gasteiger partial charge in [0.25, 0.3) is 15.9 Å². The highest BCUT2D eigenvalue weighted by Gasteiger charge is 2.85. The molecule has 5 aliphatic carbocycles. The molecular formula is C44H62N6O7S. The summed E-state index contributed by atoms with van der Waals surface area (Å²) in [6.45, 7) is 12.4. The minimum atomic E-state index is -4.32. The van der Waals surface area contributed by atoms with E-state index in [0.29, 0.717) is 30.3 Å². The number of nitrogens with zero attached hydrogens (tertiary/aromatic N) is 1. The number of aromatic amines is 1. The zero-order valence-corrected chi connectivity index (χ0v) is 35.8. The number of nitrogens with one attached hydrogen (secondary N) is 5. The van der Waals surface area contributed by atoms with Gasteiger partial charge < -0.3 is 25.8 Å². The summed E-state index contributed by atoms with van der Waals surface area (Å²) in [4.78, 5) is 76.1. The maximum atomic E-state index is 15.2. The van der Waals surface area contributed by atoms with Gasteiger partial charge in [0.15, 0.2) is 0 Å². The Hall–Kier alpha value is -3.94. The van der Waals surface area contributed by atoms with Crippen molar-refractivity contribution in [1.29, 1.82) is 0 Å². The smallest absolute Gasteiger partial charge is 0.266 e. The summed E-state index contributed by atoms with van der Waals surface area (Å²) in [5.41, 5.74) is -2.32. The monoisotopic (exact) mass is 818 g/mol. The lowest BCUT2D eigenvalue weighted by atomic mass is 9.73. The van der Waals surface area contributed by atoms with E-state index in [-0.39, 0.29) is 63.0 Å². The van der Waals surface area contributed by atoms with Crippen LogP contribution >= 0.6 is 0 Å². The molecule has 1 aliphatic heterocycles. The van der Waals surface area contributed by atoms with Gasteiger partial charge in [-0.15, -0.1) is 0 Å². The van der Waals surface area contributed by atoms with Crippen LogP contribution < -0.4 is 20.7 Å². The molecule has 5 N–H and O–H groups in total. The van der Waals surface area contributed by atoms with Crippen molar-refractivity contribution in [3.05, 3.63) is 30.5 Å². The molecule has 2 spiro atoms. The highest BCUT2D eigenvalue weighted by molar-refractivity contribution is 7.90. The first-order chi connectivity index (χ1) is 27.3. The third kappa shape index (κ3) is 6.45. The number of H-pyrrole nitrogens is 1. The van der Waals surface area contributed by atoms with E-state index in [1.165, 1.54) is 6.07 Å². The number of hydrogen-bond acceptors (Lipinski definition) is 7. The van der Waals surface area contributed by atoms with E-state index in [0.717, 1.165) is 64.2 Å². The normalized spacial score (nSPS) is 29.7. The Labute approximate surface area is 342 Å². The van der Waals surface area contributed by atoms with Crippen molar-refractivity contribution in [2.24, 2.45) is 39.4 Å². The second kappa shape index (κ2) is 14.1. The van der Waals surface area contributed by atoms with Gasteiger partial charge in [0.2, 0.25) is 23.6 Å². The Morgan fingerprint density at radius 1 is 0.897 bits per heavy atom. The average Bonchev–Trinajstić information content (AvgIpc) is 4.08. The predicted molar refractivity (Wildman–Crippen MR) is 218 cm³/mol. The van der Waals surface area contributed by atoms with Crippen LogP contribution in [0.4, 0.5) is 0 Å². The van der Waals surface area contributed by atoms with Crippen molar-refractivity contribution in [3.8, 4) is 0 Å². The molecule has 0 unspecified atom stereocenters. The molecule has 316 valence electrons. The minimum Gasteiger partial charge on any atom is -0.360 e. The number of carbonyl (C=O) groups is 5. The molecule has 6 fully saturated rings. The number of aromatic nitrogens is 1. The van der Waals surface area contributed by atoms with Crippen LogP contribution in [0.5, 0.6) is 0 Å². The molecule has 5 saturated carbocycles. The largest absolute Gasteiger partial charge is 0.360 e. The molecule has 14 heteroatoms. The van der Waals surface area contributed by atoms with E-state index >= 15 is 4.79 Å². The lowest BCUT2D eigenvalue weighted by Crippen LogP contribution is -2.62. The Morgan fingerprint density at radius 2 is 1.60 bits per heavy atom. The van der Waals surface area contributed by atoms with E-state index in [9.17, 15) is 27.6 Å². The van der Waals surface area contributed by atoms with Crippen LogP contribution in [-0.4, -0.2) is 78.0 Å². The molecule has 2 heterocycles. The van der Waals surface area contributed by atoms with Gasteiger partial charge >= 0.3 is 0 Å². The first kappa shape index (κ1) is 40.8. The summed E-state index contributed by atoms with van der Waals surface area (Å²) in [6.07, 6.45) is 12.3. The number of benzene rings is 1. The fourth-order valence-electron chi connectivity index (χ4n) is 11.8. The number of amides is 5. The molecule has 0 bridgehead atoms. The Bertz CT molecular complexity index is 2130. The Balaban J connectivity index is 1.07. The fraction of sp³-hybridized carbons (Fsp3) is 0.705. The Morgan fingerprint density at radius 3 is 2.19 bits per heavy atom. The van der Waals surface area contributed by atoms with Crippen LogP contribution in [0.3, 0.4) is 0 Å². The number of rotatable bonds is 12. The van der Waals surface area contributed by atoms with Crippen LogP contribution in [0.15, 0.2) is 35.4 Å². The highest BCUT2D eigenvalue weighted by atomic mass is 32.2. The molecule has 5 amide bonds. The van der Waals surface area contributed by atoms with Gasteiger partial charge in [0.1, 0.15) is 28.6 Å². The molecule has 1 saturated heterocycles. The predicted octanol–water partition coefficient (Wildman–Crippen LogP) is 5.06. The zero-order valence-electron chi connectivity index (χ0n) is 35.0. The van der Waals surface area contributed by atoms with Gasteiger partial charge in [-0.1, -0.05) is 85.8 Å². The van der Waals surface area contributed by atoms with E-state index in [2.05, 4.69) is 39.5 Å². The first-order valence-corrected chi connectivity index (χ1v) is 23.2. The van der Waals surface area contributed by atoms with Gasteiger partial charge in [0, 0.05) is 29.5 Å². The lowest BCUT2D eigenvalue weighted by molar-refractivity contribution is -0.145. The second-order valence-electron chi connectivity index (χ2n) is 20.2. The molecule has 8 rings (SSSR count). The van der Waals surface area contributed by atoms with Crippen LogP contribution in [0.2, 0.25) is 0 Å². The summed E-state index contributed by atoms with van der Waals surface area (Å²) >= 11 is 0. The standard InChI is InChI=1S/C44H62N6O7S/c1-7-29-23-44(29,39(55)49-58(56,57)31-16-11-15-27-19-22-45-32(27)31)48-36(52)30-24-43(41(5,6)42(43)20-12-21-42)25-50(30)38(54)34(40(2,3)4)47-37(53)33(26-13-9-8-10-14-26)46-35(51)28-17-18-28/h11,15-16,19,22,26,28-30,33-34,45H,7-10,12-14,17-18,20-21,23-25H2,1-6H3,(H,46,51)(H,47,53)(H,48,52)(H,49,55)/t29-,30+,33+,34-,43-,44-/m1/s1. The molecule has 6 aliphatic rings. The van der Waals surface area contributed by atoms with Crippen molar-refractivity contribution in [2.75, 3.05) is 6.54 Å². The summed E-state index contributed by atoms with van der Waals surface area (Å²) < 4.78 is 29.7. The quantitative estimate of drug-likeness (QED) is 0.198. The topological polar surface area (TPSA) is 187 Å². The van der Waals surface area contributed by atoms with E-state index < -0.39 is 50.9 Å². The third-order valence-electron chi connectivity index (χ3n) is 15.9. The van der Waals surface area contributed by atoms with Crippen molar-refractivity contribution >= 4 is 50.5 Å². The van der Waals surface area contributed by atoms with E-state index in [1.807, 2.05) is 27.7 Å². The van der Waals surface area contributed by atoms with Gasteiger partial charge in [-0.05, 0) is 91.6 Å². The molecule has 0 radical (unpaired) electrons. The van der Waals surface area contributed by atoms with E-state index in [4.69, 9.17) is 0 Å². The fourth-order valence-corrected chi connectivity index (χ4v) is 13.0. The molecular weight excluding hydrogens is 757 g/mol. The highest BCUT2D eigenvalue weighted by Crippen LogP contribution is 2.88. The first-order valence-electron chi connectivity index (χ1n) is 21.7. The van der Waals surface area contributed by atoms with Crippen molar-refractivity contribution < 1.29 is 32.4 Å². The van der Waals surface area contributed by atoms with Gasteiger partial charge in [0.05, 0.1) is 5.52 Å². The lowest BCUT2D eigenvalue weighted by Gasteiger charge is -2.38. The van der Waals surface area contributed by atoms with Crippen LogP contribution in [0.1, 0.15) is 125 Å². The molecule has 6 atom stereocenters.